The summed E-state index contributed by atoms with van der Waals surface area (Å²) in [4.78, 5) is 19.2. The Bertz CT molecular complexity index is 1020. The average Bonchev–Trinajstić information content (AvgIpc) is 2.96. The first-order chi connectivity index (χ1) is 13.6. The topological polar surface area (TPSA) is 54.5 Å². The zero-order valence-corrected chi connectivity index (χ0v) is 15.6. The number of hydrogen-bond donors (Lipinski definition) is 1. The van der Waals surface area contributed by atoms with E-state index in [0.29, 0.717) is 17.8 Å². The van der Waals surface area contributed by atoms with Crippen LogP contribution in [0.15, 0.2) is 60.8 Å². The van der Waals surface area contributed by atoms with Crippen LogP contribution in [0, 0.1) is 12.7 Å². The molecule has 0 fully saturated rings. The van der Waals surface area contributed by atoms with Gasteiger partial charge in [0.15, 0.2) is 0 Å². The number of ether oxygens (including phenoxy) is 1. The second kappa shape index (κ2) is 7.31. The number of halogens is 1. The molecule has 5 nitrogen and oxygen atoms in total. The van der Waals surface area contributed by atoms with Gasteiger partial charge in [-0.1, -0.05) is 12.1 Å². The summed E-state index contributed by atoms with van der Waals surface area (Å²) >= 11 is 0. The molecule has 1 amide bonds. The van der Waals surface area contributed by atoms with Crippen LogP contribution in [0.2, 0.25) is 0 Å². The Morgan fingerprint density at radius 1 is 1.18 bits per heavy atom. The van der Waals surface area contributed by atoms with Crippen molar-refractivity contribution in [1.29, 1.82) is 0 Å². The molecule has 4 rings (SSSR count). The molecule has 28 heavy (non-hydrogen) atoms. The predicted molar refractivity (Wildman–Crippen MR) is 105 cm³/mol. The van der Waals surface area contributed by atoms with E-state index in [4.69, 9.17) is 4.74 Å². The fourth-order valence-corrected chi connectivity index (χ4v) is 3.41. The number of fused-ring (bicyclic) bond motifs is 1. The molecule has 2 aromatic carbocycles. The summed E-state index contributed by atoms with van der Waals surface area (Å²) in [5.74, 6) is 0.383. The van der Waals surface area contributed by atoms with Crippen LogP contribution in [0.3, 0.4) is 0 Å². The van der Waals surface area contributed by atoms with Crippen LogP contribution in [0.5, 0.6) is 5.75 Å². The highest BCUT2D eigenvalue weighted by atomic mass is 19.1. The number of rotatable bonds is 5. The third-order valence-electron chi connectivity index (χ3n) is 4.89. The van der Waals surface area contributed by atoms with E-state index in [1.54, 1.807) is 36.4 Å². The van der Waals surface area contributed by atoms with Crippen molar-refractivity contribution in [3.63, 3.8) is 0 Å². The minimum Gasteiger partial charge on any atom is -0.497 e. The lowest BCUT2D eigenvalue weighted by Gasteiger charge is -2.27. The van der Waals surface area contributed by atoms with Crippen LogP contribution in [0.25, 0.3) is 0 Å². The molecule has 6 heteroatoms. The van der Waals surface area contributed by atoms with Crippen LogP contribution in [0.4, 0.5) is 10.1 Å². The van der Waals surface area contributed by atoms with Crippen molar-refractivity contribution in [2.45, 2.75) is 19.6 Å². The van der Waals surface area contributed by atoms with Gasteiger partial charge in [0, 0.05) is 18.4 Å². The number of benzene rings is 2. The third kappa shape index (κ3) is 3.29. The van der Waals surface area contributed by atoms with Crippen LogP contribution >= 0.6 is 0 Å². The van der Waals surface area contributed by atoms with E-state index in [2.05, 4.69) is 10.3 Å². The lowest BCUT2D eigenvalue weighted by molar-refractivity contribution is 0.0727. The van der Waals surface area contributed by atoms with E-state index < -0.39 is 6.17 Å². The van der Waals surface area contributed by atoms with Crippen molar-refractivity contribution in [1.82, 2.24) is 9.88 Å². The molecule has 1 aliphatic heterocycles. The van der Waals surface area contributed by atoms with E-state index >= 15 is 0 Å². The average molecular weight is 377 g/mol. The first kappa shape index (κ1) is 18.0. The first-order valence-corrected chi connectivity index (χ1v) is 8.98. The van der Waals surface area contributed by atoms with E-state index in [-0.39, 0.29) is 11.7 Å². The van der Waals surface area contributed by atoms with Crippen molar-refractivity contribution in [3.05, 3.63) is 89.0 Å². The van der Waals surface area contributed by atoms with Gasteiger partial charge in [0.05, 0.1) is 18.4 Å². The first-order valence-electron chi connectivity index (χ1n) is 8.98. The molecule has 0 bridgehead atoms. The van der Waals surface area contributed by atoms with Crippen LogP contribution in [-0.2, 0) is 6.54 Å². The fraction of sp³-hybridized carbons (Fsp3) is 0.182. The number of carbonyl (C=O) groups excluding carboxylic acids is 1. The monoisotopic (exact) mass is 377 g/mol. The maximum absolute atomic E-state index is 13.5. The Morgan fingerprint density at radius 2 is 1.96 bits per heavy atom. The fourth-order valence-electron chi connectivity index (χ4n) is 3.41. The van der Waals surface area contributed by atoms with Gasteiger partial charge in [0.1, 0.15) is 17.7 Å². The van der Waals surface area contributed by atoms with Crippen molar-refractivity contribution < 1.29 is 13.9 Å². The Morgan fingerprint density at radius 3 is 2.68 bits per heavy atom. The molecule has 2 heterocycles. The van der Waals surface area contributed by atoms with Crippen LogP contribution in [-0.4, -0.2) is 22.9 Å². The summed E-state index contributed by atoms with van der Waals surface area (Å²) in [6, 6.07) is 15.7. The van der Waals surface area contributed by atoms with Crippen molar-refractivity contribution in [2.24, 2.45) is 0 Å². The number of carbonyl (C=O) groups is 1. The summed E-state index contributed by atoms with van der Waals surface area (Å²) in [7, 11) is 1.62. The molecule has 1 N–H and O–H groups in total. The molecule has 0 unspecified atom stereocenters. The van der Waals surface area contributed by atoms with Gasteiger partial charge in [0.25, 0.3) is 5.91 Å². The smallest absolute Gasteiger partial charge is 0.258 e. The third-order valence-corrected chi connectivity index (χ3v) is 4.89. The van der Waals surface area contributed by atoms with E-state index in [9.17, 15) is 9.18 Å². The van der Waals surface area contributed by atoms with Crippen LogP contribution in [0.1, 0.15) is 33.3 Å². The Hall–Kier alpha value is -3.41. The summed E-state index contributed by atoms with van der Waals surface area (Å²) in [5.41, 5.74) is 3.75. The molecular weight excluding hydrogens is 357 g/mol. The van der Waals surface area contributed by atoms with Gasteiger partial charge >= 0.3 is 0 Å². The summed E-state index contributed by atoms with van der Waals surface area (Å²) in [6.07, 6.45) is 1.24. The number of aromatic nitrogens is 1. The van der Waals surface area contributed by atoms with Gasteiger partial charge in [-0.15, -0.1) is 0 Å². The molecule has 1 aliphatic rings. The molecule has 0 saturated carbocycles. The maximum atomic E-state index is 13.5. The zero-order valence-electron chi connectivity index (χ0n) is 15.6. The lowest BCUT2D eigenvalue weighted by Crippen LogP contribution is -2.32. The predicted octanol–water partition coefficient (Wildman–Crippen LogP) is 4.30. The Balaban J connectivity index is 1.67. The standard InChI is InChI=1S/C22H20FN3O2/c1-14-12-16(23)7-10-19(14)25-21-20-18(4-3-11-24-20)22(27)26(21)13-15-5-8-17(28-2)9-6-15/h3-12,21,25H,13H2,1-2H3/t21-/m1/s1. The highest BCUT2D eigenvalue weighted by Crippen LogP contribution is 2.35. The quantitative estimate of drug-likeness (QED) is 0.720. The zero-order chi connectivity index (χ0) is 19.7. The number of methoxy groups -OCH3 is 1. The van der Waals surface area contributed by atoms with Crippen LogP contribution < -0.4 is 10.1 Å². The number of amides is 1. The van der Waals surface area contributed by atoms with Crippen molar-refractivity contribution >= 4 is 11.6 Å². The SMILES string of the molecule is COc1ccc(CN2C(=O)c3cccnc3[C@@H]2Nc2ccc(F)cc2C)cc1. The molecule has 1 aromatic heterocycles. The van der Waals surface area contributed by atoms with Gasteiger partial charge in [-0.05, 0) is 60.5 Å². The number of nitrogens with one attached hydrogen (secondary N) is 1. The minimum absolute atomic E-state index is 0.0869. The number of hydrogen-bond acceptors (Lipinski definition) is 4. The molecule has 3 aromatic rings. The highest BCUT2D eigenvalue weighted by Gasteiger charge is 2.38. The van der Waals surface area contributed by atoms with Crippen molar-refractivity contribution in [3.8, 4) is 5.75 Å². The van der Waals surface area contributed by atoms with Gasteiger partial charge < -0.3 is 15.0 Å². The van der Waals surface area contributed by atoms with E-state index in [1.165, 1.54) is 12.1 Å². The minimum atomic E-state index is -0.435. The number of aryl methyl sites for hydroxylation is 1. The number of nitrogens with zero attached hydrogens (tertiary/aromatic N) is 2. The van der Waals surface area contributed by atoms with Gasteiger partial charge in [-0.2, -0.15) is 0 Å². The molecule has 0 saturated heterocycles. The van der Waals surface area contributed by atoms with Gasteiger partial charge in [-0.3, -0.25) is 9.78 Å². The molecule has 1 atom stereocenters. The van der Waals surface area contributed by atoms with Gasteiger partial charge in [0.2, 0.25) is 0 Å². The largest absolute Gasteiger partial charge is 0.497 e. The molecule has 0 aliphatic carbocycles. The number of pyridine rings is 1. The maximum Gasteiger partial charge on any atom is 0.258 e. The lowest BCUT2D eigenvalue weighted by atomic mass is 10.1. The molecule has 0 spiro atoms. The Kier molecular flexibility index (Phi) is 4.69. The summed E-state index contributed by atoms with van der Waals surface area (Å²) in [6.45, 7) is 2.24. The van der Waals surface area contributed by atoms with Gasteiger partial charge in [-0.25, -0.2) is 4.39 Å². The number of anilines is 1. The second-order valence-electron chi connectivity index (χ2n) is 6.72. The molecule has 142 valence electrons. The summed E-state index contributed by atoms with van der Waals surface area (Å²) < 4.78 is 18.7. The molecule has 0 radical (unpaired) electrons. The molecular formula is C22H20FN3O2. The Labute approximate surface area is 162 Å². The van der Waals surface area contributed by atoms with E-state index in [1.807, 2.05) is 31.2 Å². The normalized spacial score (nSPS) is 15.5. The van der Waals surface area contributed by atoms with Crippen molar-refractivity contribution in [2.75, 3.05) is 12.4 Å². The second-order valence-corrected chi connectivity index (χ2v) is 6.72. The summed E-state index contributed by atoms with van der Waals surface area (Å²) in [5, 5.41) is 3.37. The van der Waals surface area contributed by atoms with E-state index in [0.717, 1.165) is 22.6 Å². The highest BCUT2D eigenvalue weighted by molar-refractivity contribution is 5.98.